The third-order valence-corrected chi connectivity index (χ3v) is 3.76. The molecule has 1 aromatic carbocycles. The predicted molar refractivity (Wildman–Crippen MR) is 64.8 cm³/mol. The van der Waals surface area contributed by atoms with E-state index < -0.39 is 11.6 Å². The summed E-state index contributed by atoms with van der Waals surface area (Å²) in [7, 11) is 0. The summed E-state index contributed by atoms with van der Waals surface area (Å²) < 4.78 is 26.6. The highest BCUT2D eigenvalue weighted by molar-refractivity contribution is 5.26. The molecular weight excluding hydrogens is 220 g/mol. The van der Waals surface area contributed by atoms with E-state index in [-0.39, 0.29) is 5.54 Å². The molecule has 1 nitrogen and oxygen atoms in total. The van der Waals surface area contributed by atoms with Crippen molar-refractivity contribution in [2.45, 2.75) is 44.6 Å². The molecule has 1 N–H and O–H groups in total. The first kappa shape index (κ1) is 12.5. The molecule has 1 aliphatic rings. The van der Waals surface area contributed by atoms with Crippen molar-refractivity contribution in [2.75, 3.05) is 6.54 Å². The van der Waals surface area contributed by atoms with E-state index in [0.29, 0.717) is 0 Å². The highest BCUT2D eigenvalue weighted by Crippen LogP contribution is 2.33. The number of benzene rings is 1. The van der Waals surface area contributed by atoms with Crippen LogP contribution < -0.4 is 5.32 Å². The van der Waals surface area contributed by atoms with Gasteiger partial charge < -0.3 is 5.32 Å². The molecule has 0 amide bonds. The Labute approximate surface area is 101 Å². The van der Waals surface area contributed by atoms with Crippen LogP contribution in [0.4, 0.5) is 8.78 Å². The molecule has 2 rings (SSSR count). The van der Waals surface area contributed by atoms with Crippen LogP contribution in [0.25, 0.3) is 0 Å². The van der Waals surface area contributed by atoms with Crippen molar-refractivity contribution in [3.05, 3.63) is 35.4 Å². The van der Waals surface area contributed by atoms with Crippen molar-refractivity contribution in [1.82, 2.24) is 5.32 Å². The smallest absolute Gasteiger partial charge is 0.126 e. The molecule has 1 atom stereocenters. The SMILES string of the molecule is CCC1(c2cc(F)cc(F)c2)CCCCCN1. The second kappa shape index (κ2) is 5.13. The van der Waals surface area contributed by atoms with Crippen molar-refractivity contribution in [2.24, 2.45) is 0 Å². The summed E-state index contributed by atoms with van der Waals surface area (Å²) in [5.41, 5.74) is 0.499. The summed E-state index contributed by atoms with van der Waals surface area (Å²) in [6, 6.07) is 3.86. The molecule has 1 aliphatic heterocycles. The molecule has 94 valence electrons. The molecule has 0 radical (unpaired) electrons. The minimum Gasteiger partial charge on any atom is -0.307 e. The molecule has 0 bridgehead atoms. The highest BCUT2D eigenvalue weighted by atomic mass is 19.1. The van der Waals surface area contributed by atoms with Gasteiger partial charge in [-0.15, -0.1) is 0 Å². The van der Waals surface area contributed by atoms with Gasteiger partial charge in [-0.1, -0.05) is 19.8 Å². The van der Waals surface area contributed by atoms with Crippen LogP contribution in [-0.4, -0.2) is 6.54 Å². The molecule has 0 saturated carbocycles. The van der Waals surface area contributed by atoms with E-state index in [0.717, 1.165) is 43.9 Å². The third-order valence-electron chi connectivity index (χ3n) is 3.76. The van der Waals surface area contributed by atoms with Crippen molar-refractivity contribution < 1.29 is 8.78 Å². The standard InChI is InChI=1S/C14H19F2N/c1-2-14(6-4-3-5-7-17-14)11-8-12(15)10-13(16)9-11/h8-10,17H,2-7H2,1H3. The zero-order chi connectivity index (χ0) is 12.3. The van der Waals surface area contributed by atoms with Crippen LogP contribution in [0.2, 0.25) is 0 Å². The van der Waals surface area contributed by atoms with Gasteiger partial charge in [0.15, 0.2) is 0 Å². The Bertz CT molecular complexity index is 362. The molecule has 0 aliphatic carbocycles. The Morgan fingerprint density at radius 3 is 2.47 bits per heavy atom. The lowest BCUT2D eigenvalue weighted by Gasteiger charge is -2.33. The van der Waals surface area contributed by atoms with Crippen LogP contribution in [0.15, 0.2) is 18.2 Å². The van der Waals surface area contributed by atoms with E-state index in [4.69, 9.17) is 0 Å². The van der Waals surface area contributed by atoms with Gasteiger partial charge in [-0.05, 0) is 43.5 Å². The Morgan fingerprint density at radius 1 is 1.12 bits per heavy atom. The van der Waals surface area contributed by atoms with E-state index in [1.807, 2.05) is 0 Å². The van der Waals surface area contributed by atoms with Gasteiger partial charge in [-0.2, -0.15) is 0 Å². The first-order valence-electron chi connectivity index (χ1n) is 6.38. The molecule has 17 heavy (non-hydrogen) atoms. The molecule has 1 unspecified atom stereocenters. The van der Waals surface area contributed by atoms with Gasteiger partial charge >= 0.3 is 0 Å². The molecule has 3 heteroatoms. The minimum atomic E-state index is -0.487. The fourth-order valence-corrected chi connectivity index (χ4v) is 2.73. The topological polar surface area (TPSA) is 12.0 Å². The second-order valence-corrected chi connectivity index (χ2v) is 4.83. The summed E-state index contributed by atoms with van der Waals surface area (Å²) in [6.45, 7) is 2.99. The molecule has 1 aromatic rings. The van der Waals surface area contributed by atoms with Gasteiger partial charge in [-0.3, -0.25) is 0 Å². The molecule has 1 fully saturated rings. The van der Waals surface area contributed by atoms with E-state index in [2.05, 4.69) is 12.2 Å². The zero-order valence-corrected chi connectivity index (χ0v) is 10.2. The highest BCUT2D eigenvalue weighted by Gasteiger charge is 2.31. The number of hydrogen-bond acceptors (Lipinski definition) is 1. The number of rotatable bonds is 2. The van der Waals surface area contributed by atoms with E-state index in [1.165, 1.54) is 18.6 Å². The third kappa shape index (κ3) is 2.65. The Kier molecular flexibility index (Phi) is 3.77. The lowest BCUT2D eigenvalue weighted by Crippen LogP contribution is -2.41. The maximum absolute atomic E-state index is 13.3. The quantitative estimate of drug-likeness (QED) is 0.829. The van der Waals surface area contributed by atoms with Crippen LogP contribution in [0.5, 0.6) is 0 Å². The first-order chi connectivity index (χ1) is 8.16. The fourth-order valence-electron chi connectivity index (χ4n) is 2.73. The zero-order valence-electron chi connectivity index (χ0n) is 10.2. The Morgan fingerprint density at radius 2 is 1.82 bits per heavy atom. The Balaban J connectivity index is 2.38. The van der Waals surface area contributed by atoms with Crippen molar-refractivity contribution in [3.63, 3.8) is 0 Å². The minimum absolute atomic E-state index is 0.251. The summed E-state index contributed by atoms with van der Waals surface area (Å²) in [5, 5.41) is 3.48. The van der Waals surface area contributed by atoms with E-state index in [1.54, 1.807) is 0 Å². The van der Waals surface area contributed by atoms with Gasteiger partial charge in [0.25, 0.3) is 0 Å². The van der Waals surface area contributed by atoms with Crippen LogP contribution in [0, 0.1) is 11.6 Å². The van der Waals surface area contributed by atoms with Crippen molar-refractivity contribution in [3.8, 4) is 0 Å². The van der Waals surface area contributed by atoms with Crippen LogP contribution in [0.3, 0.4) is 0 Å². The number of hydrogen-bond donors (Lipinski definition) is 1. The monoisotopic (exact) mass is 239 g/mol. The Hall–Kier alpha value is -0.960. The molecule has 1 heterocycles. The first-order valence-corrected chi connectivity index (χ1v) is 6.38. The van der Waals surface area contributed by atoms with Crippen LogP contribution in [0.1, 0.15) is 44.6 Å². The van der Waals surface area contributed by atoms with E-state index in [9.17, 15) is 8.78 Å². The van der Waals surface area contributed by atoms with Crippen LogP contribution >= 0.6 is 0 Å². The van der Waals surface area contributed by atoms with Crippen molar-refractivity contribution in [1.29, 1.82) is 0 Å². The number of halogens is 2. The van der Waals surface area contributed by atoms with Crippen LogP contribution in [-0.2, 0) is 5.54 Å². The molecular formula is C14H19F2N. The molecule has 1 saturated heterocycles. The lowest BCUT2D eigenvalue weighted by molar-refractivity contribution is 0.310. The van der Waals surface area contributed by atoms with E-state index >= 15 is 0 Å². The average molecular weight is 239 g/mol. The van der Waals surface area contributed by atoms with Gasteiger partial charge in [0, 0.05) is 11.6 Å². The summed E-state index contributed by atoms with van der Waals surface area (Å²) in [6.07, 6.45) is 5.24. The summed E-state index contributed by atoms with van der Waals surface area (Å²) in [5.74, 6) is -0.974. The summed E-state index contributed by atoms with van der Waals surface area (Å²) in [4.78, 5) is 0. The largest absolute Gasteiger partial charge is 0.307 e. The van der Waals surface area contributed by atoms with Gasteiger partial charge in [0.05, 0.1) is 0 Å². The number of nitrogens with one attached hydrogen (secondary N) is 1. The van der Waals surface area contributed by atoms with Gasteiger partial charge in [0.2, 0.25) is 0 Å². The normalized spacial score (nSPS) is 25.6. The summed E-state index contributed by atoms with van der Waals surface area (Å²) >= 11 is 0. The molecule has 0 aromatic heterocycles. The maximum Gasteiger partial charge on any atom is 0.126 e. The average Bonchev–Trinajstić information content (AvgIpc) is 2.53. The van der Waals surface area contributed by atoms with Gasteiger partial charge in [-0.25, -0.2) is 8.78 Å². The second-order valence-electron chi connectivity index (χ2n) is 4.83. The van der Waals surface area contributed by atoms with Crippen molar-refractivity contribution >= 4 is 0 Å². The predicted octanol–water partition coefficient (Wildman–Crippen LogP) is 3.73. The fraction of sp³-hybridized carbons (Fsp3) is 0.571. The maximum atomic E-state index is 13.3. The van der Waals surface area contributed by atoms with Gasteiger partial charge in [0.1, 0.15) is 11.6 Å². The lowest BCUT2D eigenvalue weighted by atomic mass is 9.83. The molecule has 0 spiro atoms.